The van der Waals surface area contributed by atoms with Crippen molar-refractivity contribution in [2.45, 2.75) is 71.8 Å². The Labute approximate surface area is 124 Å². The molecule has 0 spiro atoms. The molecule has 2 rings (SSSR count). The molecule has 1 amide bonds. The molecule has 1 heterocycles. The lowest BCUT2D eigenvalue weighted by Crippen LogP contribution is -2.47. The summed E-state index contributed by atoms with van der Waals surface area (Å²) in [4.78, 5) is 14.8. The first-order valence-electron chi connectivity index (χ1n) is 8.55. The smallest absolute Gasteiger partial charge is 0.225 e. The van der Waals surface area contributed by atoms with E-state index in [0.29, 0.717) is 17.2 Å². The predicted octanol–water partition coefficient (Wildman–Crippen LogP) is 3.18. The van der Waals surface area contributed by atoms with Gasteiger partial charge >= 0.3 is 0 Å². The van der Waals surface area contributed by atoms with E-state index >= 15 is 0 Å². The number of carbonyl (C=O) groups is 1. The molecule has 0 bridgehead atoms. The summed E-state index contributed by atoms with van der Waals surface area (Å²) in [5, 5.41) is 0. The lowest BCUT2D eigenvalue weighted by molar-refractivity contribution is -0.139. The van der Waals surface area contributed by atoms with Gasteiger partial charge in [-0.05, 0) is 43.4 Å². The quantitative estimate of drug-likeness (QED) is 0.863. The van der Waals surface area contributed by atoms with Gasteiger partial charge in [-0.25, -0.2) is 0 Å². The molecule has 3 nitrogen and oxygen atoms in total. The number of rotatable bonds is 3. The molecule has 116 valence electrons. The Bertz CT molecular complexity index is 328. The zero-order chi connectivity index (χ0) is 14.8. The van der Waals surface area contributed by atoms with Gasteiger partial charge in [0.25, 0.3) is 0 Å². The van der Waals surface area contributed by atoms with Crippen LogP contribution in [0.2, 0.25) is 0 Å². The second-order valence-corrected chi connectivity index (χ2v) is 7.18. The van der Waals surface area contributed by atoms with Gasteiger partial charge in [0.15, 0.2) is 0 Å². The van der Waals surface area contributed by atoms with Crippen LogP contribution in [0.4, 0.5) is 0 Å². The predicted molar refractivity (Wildman–Crippen MR) is 83.3 cm³/mol. The molecule has 1 saturated heterocycles. The Hall–Kier alpha value is -0.570. The number of hydrogen-bond donors (Lipinski definition) is 1. The van der Waals surface area contributed by atoms with Gasteiger partial charge in [-0.1, -0.05) is 33.6 Å². The first kappa shape index (κ1) is 15.8. The summed E-state index contributed by atoms with van der Waals surface area (Å²) in [5.74, 6) is 1.15. The fourth-order valence-electron chi connectivity index (χ4n) is 4.00. The molecule has 2 N–H and O–H groups in total. The van der Waals surface area contributed by atoms with Crippen molar-refractivity contribution in [2.24, 2.45) is 23.0 Å². The first-order valence-corrected chi connectivity index (χ1v) is 8.55. The molecule has 2 aliphatic rings. The van der Waals surface area contributed by atoms with Gasteiger partial charge in [-0.2, -0.15) is 0 Å². The third-order valence-corrected chi connectivity index (χ3v) is 6.24. The van der Waals surface area contributed by atoms with Crippen LogP contribution in [-0.2, 0) is 4.79 Å². The van der Waals surface area contributed by atoms with Crippen LogP contribution in [0.25, 0.3) is 0 Å². The monoisotopic (exact) mass is 280 g/mol. The number of carbonyl (C=O) groups excluding carboxylic acids is 1. The van der Waals surface area contributed by atoms with E-state index in [1.54, 1.807) is 0 Å². The molecular formula is C17H32N2O. The highest BCUT2D eigenvalue weighted by Gasteiger charge is 2.36. The third-order valence-electron chi connectivity index (χ3n) is 6.24. The van der Waals surface area contributed by atoms with Gasteiger partial charge < -0.3 is 10.6 Å². The molecule has 1 aliphatic carbocycles. The van der Waals surface area contributed by atoms with Crippen molar-refractivity contribution in [3.05, 3.63) is 0 Å². The molecule has 20 heavy (non-hydrogen) atoms. The van der Waals surface area contributed by atoms with Gasteiger partial charge in [-0.3, -0.25) is 4.79 Å². The highest BCUT2D eigenvalue weighted by Crippen LogP contribution is 2.39. The van der Waals surface area contributed by atoms with Crippen LogP contribution < -0.4 is 5.73 Å². The van der Waals surface area contributed by atoms with Gasteiger partial charge in [0.1, 0.15) is 0 Å². The molecule has 0 aromatic rings. The Morgan fingerprint density at radius 2 is 1.80 bits per heavy atom. The summed E-state index contributed by atoms with van der Waals surface area (Å²) in [6.07, 6.45) is 7.90. The molecule has 2 fully saturated rings. The van der Waals surface area contributed by atoms with E-state index in [-0.39, 0.29) is 12.0 Å². The Morgan fingerprint density at radius 3 is 2.30 bits per heavy atom. The first-order chi connectivity index (χ1) is 9.51. The van der Waals surface area contributed by atoms with Gasteiger partial charge in [0, 0.05) is 25.0 Å². The topological polar surface area (TPSA) is 46.3 Å². The van der Waals surface area contributed by atoms with Crippen molar-refractivity contribution in [1.82, 2.24) is 4.90 Å². The van der Waals surface area contributed by atoms with Crippen LogP contribution in [0.15, 0.2) is 0 Å². The largest absolute Gasteiger partial charge is 0.342 e. The average Bonchev–Trinajstić information content (AvgIpc) is 2.49. The SMILES string of the molecule is CCC1(CC)CCN(C(=O)C2CCC(C)C(N)C2)CC1. The van der Waals surface area contributed by atoms with Crippen LogP contribution in [0, 0.1) is 17.3 Å². The third kappa shape index (κ3) is 3.19. The summed E-state index contributed by atoms with van der Waals surface area (Å²) >= 11 is 0. The molecule has 1 saturated carbocycles. The van der Waals surface area contributed by atoms with Crippen molar-refractivity contribution in [1.29, 1.82) is 0 Å². The van der Waals surface area contributed by atoms with Gasteiger partial charge in [0.2, 0.25) is 5.91 Å². The molecule has 3 atom stereocenters. The van der Waals surface area contributed by atoms with E-state index in [0.717, 1.165) is 32.4 Å². The minimum atomic E-state index is 0.192. The number of hydrogen-bond acceptors (Lipinski definition) is 2. The standard InChI is InChI=1S/C17H32N2O/c1-4-17(5-2)8-10-19(11-9-17)16(20)14-7-6-13(3)15(18)12-14/h13-15H,4-12,18H2,1-3H3. The van der Waals surface area contributed by atoms with E-state index in [1.807, 2.05) is 0 Å². The lowest BCUT2D eigenvalue weighted by atomic mass is 9.73. The molecule has 0 aromatic carbocycles. The summed E-state index contributed by atoms with van der Waals surface area (Å²) in [5.41, 5.74) is 6.65. The molecule has 0 aromatic heterocycles. The van der Waals surface area contributed by atoms with Crippen molar-refractivity contribution < 1.29 is 4.79 Å². The molecule has 3 unspecified atom stereocenters. The van der Waals surface area contributed by atoms with E-state index in [9.17, 15) is 4.79 Å². The van der Waals surface area contributed by atoms with Crippen LogP contribution >= 0.6 is 0 Å². The minimum absolute atomic E-state index is 0.192. The van der Waals surface area contributed by atoms with Crippen LogP contribution in [0.3, 0.4) is 0 Å². The maximum atomic E-state index is 12.7. The van der Waals surface area contributed by atoms with Crippen LogP contribution in [-0.4, -0.2) is 29.9 Å². The second-order valence-electron chi connectivity index (χ2n) is 7.18. The maximum absolute atomic E-state index is 12.7. The maximum Gasteiger partial charge on any atom is 0.225 e. The Kier molecular flexibility index (Phi) is 5.11. The normalized spacial score (nSPS) is 34.0. The van der Waals surface area contributed by atoms with E-state index in [1.165, 1.54) is 25.7 Å². The number of piperidine rings is 1. The molecule has 3 heteroatoms. The Morgan fingerprint density at radius 1 is 1.20 bits per heavy atom. The van der Waals surface area contributed by atoms with Crippen LogP contribution in [0.5, 0.6) is 0 Å². The van der Waals surface area contributed by atoms with E-state index < -0.39 is 0 Å². The van der Waals surface area contributed by atoms with Crippen molar-refractivity contribution >= 4 is 5.91 Å². The summed E-state index contributed by atoms with van der Waals surface area (Å²) < 4.78 is 0. The summed E-state index contributed by atoms with van der Waals surface area (Å²) in [7, 11) is 0. The van der Waals surface area contributed by atoms with E-state index in [4.69, 9.17) is 5.73 Å². The highest BCUT2D eigenvalue weighted by atomic mass is 16.2. The zero-order valence-corrected chi connectivity index (χ0v) is 13.5. The molecule has 0 radical (unpaired) electrons. The van der Waals surface area contributed by atoms with Gasteiger partial charge in [-0.15, -0.1) is 0 Å². The fourth-order valence-corrected chi connectivity index (χ4v) is 4.00. The summed E-state index contributed by atoms with van der Waals surface area (Å²) in [6.45, 7) is 8.72. The zero-order valence-electron chi connectivity index (χ0n) is 13.5. The van der Waals surface area contributed by atoms with Crippen molar-refractivity contribution in [3.8, 4) is 0 Å². The van der Waals surface area contributed by atoms with Crippen LogP contribution in [0.1, 0.15) is 65.7 Å². The van der Waals surface area contributed by atoms with Crippen molar-refractivity contribution in [3.63, 3.8) is 0 Å². The van der Waals surface area contributed by atoms with E-state index in [2.05, 4.69) is 25.7 Å². The molecule has 1 aliphatic heterocycles. The number of nitrogens with zero attached hydrogens (tertiary/aromatic N) is 1. The Balaban J connectivity index is 1.89. The second kappa shape index (κ2) is 6.46. The molecular weight excluding hydrogens is 248 g/mol. The van der Waals surface area contributed by atoms with Crippen molar-refractivity contribution in [2.75, 3.05) is 13.1 Å². The minimum Gasteiger partial charge on any atom is -0.342 e. The fraction of sp³-hybridized carbons (Fsp3) is 0.941. The number of likely N-dealkylation sites (tertiary alicyclic amines) is 1. The lowest BCUT2D eigenvalue weighted by Gasteiger charge is -2.43. The van der Waals surface area contributed by atoms with Gasteiger partial charge in [0.05, 0.1) is 0 Å². The highest BCUT2D eigenvalue weighted by molar-refractivity contribution is 5.79. The number of nitrogens with two attached hydrogens (primary N) is 1. The average molecular weight is 280 g/mol. The summed E-state index contributed by atoms with van der Waals surface area (Å²) in [6, 6.07) is 0.216. The number of amides is 1.